The van der Waals surface area contributed by atoms with Crippen molar-refractivity contribution in [2.45, 2.75) is 43.0 Å². The van der Waals surface area contributed by atoms with Crippen LogP contribution in [0.4, 0.5) is 11.4 Å². The normalized spacial score (nSPS) is 12.5. The highest BCUT2D eigenvalue weighted by Crippen LogP contribution is 2.28. The summed E-state index contributed by atoms with van der Waals surface area (Å²) in [5, 5.41) is 17.3. The highest BCUT2D eigenvalue weighted by molar-refractivity contribution is 7.99. The minimum atomic E-state index is -4.46. The molecule has 0 heterocycles. The van der Waals surface area contributed by atoms with Gasteiger partial charge >= 0.3 is 0 Å². The average molecular weight is 613 g/mol. The van der Waals surface area contributed by atoms with Crippen molar-refractivity contribution >= 4 is 50.8 Å². The first kappa shape index (κ1) is 32.3. The Bertz CT molecular complexity index is 1550. The highest BCUT2D eigenvalue weighted by Gasteiger charge is 2.27. The zero-order valence-electron chi connectivity index (χ0n) is 23.3. The van der Waals surface area contributed by atoms with Gasteiger partial charge in [-0.3, -0.25) is 24.5 Å². The fraction of sp³-hybridized carbons (Fsp3) is 0.276. The number of nitrogens with zero attached hydrogens (tertiary/aromatic N) is 1. The van der Waals surface area contributed by atoms with Crippen LogP contribution in [-0.4, -0.2) is 49.3 Å². The number of ketones is 1. The van der Waals surface area contributed by atoms with E-state index in [2.05, 4.69) is 10.6 Å². The number of carbonyl (C=O) groups excluding carboxylic acids is 3. The van der Waals surface area contributed by atoms with Crippen LogP contribution in [0.2, 0.25) is 0 Å². The van der Waals surface area contributed by atoms with E-state index in [1.165, 1.54) is 43.3 Å². The third-order valence-corrected chi connectivity index (χ3v) is 8.76. The van der Waals surface area contributed by atoms with Crippen LogP contribution in [0.15, 0.2) is 82.6 Å². The molecule has 0 radical (unpaired) electrons. The SMILES string of the molecule is CCC(C)[C@H](NC(C)=O)C(=O)c1ccc(C(=O)NS(=O)(=O)c2ccc(NCCSc3ccccc3)c([N+](=O)[O-])c2)cc1. The van der Waals surface area contributed by atoms with Crippen molar-refractivity contribution in [3.8, 4) is 0 Å². The van der Waals surface area contributed by atoms with Crippen molar-refractivity contribution in [3.05, 3.63) is 94.0 Å². The van der Waals surface area contributed by atoms with Crippen molar-refractivity contribution in [1.29, 1.82) is 0 Å². The first-order valence-corrected chi connectivity index (χ1v) is 15.6. The van der Waals surface area contributed by atoms with Gasteiger partial charge in [-0.2, -0.15) is 0 Å². The number of nitro benzene ring substituents is 1. The lowest BCUT2D eigenvalue weighted by Crippen LogP contribution is -2.44. The first-order chi connectivity index (χ1) is 19.9. The number of hydrogen-bond donors (Lipinski definition) is 3. The summed E-state index contributed by atoms with van der Waals surface area (Å²) in [7, 11) is -4.46. The first-order valence-electron chi connectivity index (χ1n) is 13.1. The molecule has 2 amide bonds. The van der Waals surface area contributed by atoms with Crippen molar-refractivity contribution in [1.82, 2.24) is 10.0 Å². The van der Waals surface area contributed by atoms with E-state index < -0.39 is 37.5 Å². The second-order valence-electron chi connectivity index (χ2n) is 9.46. The van der Waals surface area contributed by atoms with Gasteiger partial charge in [0.05, 0.1) is 15.9 Å². The van der Waals surface area contributed by atoms with Gasteiger partial charge in [-0.15, -0.1) is 11.8 Å². The molecule has 0 aliphatic carbocycles. The Kier molecular flexibility index (Phi) is 11.2. The maximum Gasteiger partial charge on any atom is 0.293 e. The third-order valence-electron chi connectivity index (χ3n) is 6.42. The van der Waals surface area contributed by atoms with Crippen LogP contribution in [0.3, 0.4) is 0 Å². The maximum absolute atomic E-state index is 13.0. The number of benzene rings is 3. The van der Waals surface area contributed by atoms with Crippen LogP contribution in [0.1, 0.15) is 47.9 Å². The monoisotopic (exact) mass is 612 g/mol. The molecule has 1 unspecified atom stereocenters. The van der Waals surface area contributed by atoms with Crippen molar-refractivity contribution in [2.75, 3.05) is 17.6 Å². The van der Waals surface area contributed by atoms with E-state index >= 15 is 0 Å². The van der Waals surface area contributed by atoms with Gasteiger partial charge in [0, 0.05) is 41.3 Å². The maximum atomic E-state index is 13.0. The summed E-state index contributed by atoms with van der Waals surface area (Å²) in [5.41, 5.74) is -0.102. The molecule has 0 saturated carbocycles. The van der Waals surface area contributed by atoms with E-state index in [0.29, 0.717) is 18.7 Å². The van der Waals surface area contributed by atoms with E-state index in [1.54, 1.807) is 11.8 Å². The van der Waals surface area contributed by atoms with E-state index in [-0.39, 0.29) is 34.4 Å². The van der Waals surface area contributed by atoms with Crippen molar-refractivity contribution in [3.63, 3.8) is 0 Å². The topological polar surface area (TPSA) is 165 Å². The second kappa shape index (κ2) is 14.6. The van der Waals surface area contributed by atoms with Crippen LogP contribution < -0.4 is 15.4 Å². The molecular formula is C29H32N4O7S2. The molecule has 3 rings (SSSR count). The Labute approximate surface area is 248 Å². The van der Waals surface area contributed by atoms with Crippen LogP contribution in [0.5, 0.6) is 0 Å². The minimum absolute atomic E-state index is 0.0431. The molecule has 3 aromatic rings. The van der Waals surface area contributed by atoms with Gasteiger partial charge < -0.3 is 10.6 Å². The number of amides is 2. The fourth-order valence-corrected chi connectivity index (χ4v) is 5.76. The molecular weight excluding hydrogens is 580 g/mol. The molecule has 222 valence electrons. The van der Waals surface area contributed by atoms with Gasteiger partial charge in [0.25, 0.3) is 21.6 Å². The number of hydrogen-bond acceptors (Lipinski definition) is 9. The summed E-state index contributed by atoms with van der Waals surface area (Å²) in [6.45, 7) is 5.45. The summed E-state index contributed by atoms with van der Waals surface area (Å²) < 4.78 is 27.8. The molecule has 0 aliphatic heterocycles. The number of nitro groups is 1. The summed E-state index contributed by atoms with van der Waals surface area (Å²) in [5.74, 6) is -1.17. The molecule has 2 atom stereocenters. The fourth-order valence-electron chi connectivity index (χ4n) is 3.98. The molecule has 0 fully saturated rings. The molecule has 0 bridgehead atoms. The Morgan fingerprint density at radius 1 is 0.976 bits per heavy atom. The quantitative estimate of drug-likeness (QED) is 0.0772. The van der Waals surface area contributed by atoms with Crippen LogP contribution >= 0.6 is 11.8 Å². The van der Waals surface area contributed by atoms with Gasteiger partial charge in [0.15, 0.2) is 5.78 Å². The molecule has 0 aliphatic rings. The highest BCUT2D eigenvalue weighted by atomic mass is 32.2. The predicted octanol–water partition coefficient (Wildman–Crippen LogP) is 4.65. The molecule has 13 heteroatoms. The Morgan fingerprint density at radius 3 is 2.21 bits per heavy atom. The third kappa shape index (κ3) is 8.63. The largest absolute Gasteiger partial charge is 0.379 e. The molecule has 0 saturated heterocycles. The molecule has 3 aromatic carbocycles. The van der Waals surface area contributed by atoms with Crippen LogP contribution in [-0.2, 0) is 14.8 Å². The van der Waals surface area contributed by atoms with Gasteiger partial charge in [0.2, 0.25) is 5.91 Å². The Hall–Kier alpha value is -4.23. The number of sulfonamides is 1. The van der Waals surface area contributed by atoms with E-state index in [1.807, 2.05) is 48.9 Å². The number of nitrogens with one attached hydrogen (secondary N) is 3. The van der Waals surface area contributed by atoms with Crippen LogP contribution in [0, 0.1) is 16.0 Å². The number of carbonyl (C=O) groups is 3. The van der Waals surface area contributed by atoms with Crippen molar-refractivity contribution in [2.24, 2.45) is 5.92 Å². The molecule has 0 spiro atoms. The number of thioether (sulfide) groups is 1. The Balaban J connectivity index is 1.69. The van der Waals surface area contributed by atoms with Gasteiger partial charge in [-0.05, 0) is 42.3 Å². The van der Waals surface area contributed by atoms with Gasteiger partial charge in [-0.1, -0.05) is 50.6 Å². The summed E-state index contributed by atoms with van der Waals surface area (Å²) in [4.78, 5) is 48.9. The lowest BCUT2D eigenvalue weighted by Gasteiger charge is -2.22. The standard InChI is InChI=1S/C29H32N4O7S2/c1-4-19(2)27(31-20(3)34)28(35)21-10-12-22(13-11-21)29(36)32-42(39,40)24-14-15-25(26(18-24)33(37)38)30-16-17-41-23-8-6-5-7-9-23/h5-15,18-19,27,30H,4,16-17H2,1-3H3,(H,31,34)(H,32,36)/t19?,27-/m0/s1. The van der Waals surface area contributed by atoms with E-state index in [4.69, 9.17) is 0 Å². The molecule has 11 nitrogen and oxygen atoms in total. The van der Waals surface area contributed by atoms with Crippen molar-refractivity contribution < 1.29 is 27.7 Å². The zero-order chi connectivity index (χ0) is 30.9. The smallest absolute Gasteiger partial charge is 0.293 e. The number of anilines is 1. The summed E-state index contributed by atoms with van der Waals surface area (Å²) in [6, 6.07) is 17.6. The summed E-state index contributed by atoms with van der Waals surface area (Å²) >= 11 is 1.56. The second-order valence-corrected chi connectivity index (χ2v) is 12.3. The minimum Gasteiger partial charge on any atom is -0.379 e. The molecule has 0 aromatic heterocycles. The van der Waals surface area contributed by atoms with Crippen LogP contribution in [0.25, 0.3) is 0 Å². The van der Waals surface area contributed by atoms with Gasteiger partial charge in [-0.25, -0.2) is 13.1 Å². The molecule has 42 heavy (non-hydrogen) atoms. The molecule has 3 N–H and O–H groups in total. The number of rotatable bonds is 14. The number of Topliss-reactive ketones (excluding diaryl/α,β-unsaturated/α-hetero) is 1. The average Bonchev–Trinajstić information content (AvgIpc) is 2.97. The zero-order valence-corrected chi connectivity index (χ0v) is 25.0. The van der Waals surface area contributed by atoms with E-state index in [0.717, 1.165) is 11.0 Å². The lowest BCUT2D eigenvalue weighted by molar-refractivity contribution is -0.384. The lowest BCUT2D eigenvalue weighted by atomic mass is 9.91. The Morgan fingerprint density at radius 2 is 1.62 bits per heavy atom. The summed E-state index contributed by atoms with van der Waals surface area (Å²) in [6.07, 6.45) is 0.650. The van der Waals surface area contributed by atoms with Gasteiger partial charge in [0.1, 0.15) is 5.69 Å². The predicted molar refractivity (Wildman–Crippen MR) is 161 cm³/mol. The van der Waals surface area contributed by atoms with E-state index in [9.17, 15) is 32.9 Å².